The molecular weight excluding hydrogens is 484 g/mol. The summed E-state index contributed by atoms with van der Waals surface area (Å²) in [6.45, 7) is 4.26. The highest BCUT2D eigenvalue weighted by Gasteiger charge is 2.61. The second-order valence-electron chi connectivity index (χ2n) is 8.47. The summed E-state index contributed by atoms with van der Waals surface area (Å²) >= 11 is 0. The van der Waals surface area contributed by atoms with E-state index >= 15 is 0 Å². The summed E-state index contributed by atoms with van der Waals surface area (Å²) in [5.74, 6) is -2.48. The third-order valence-corrected chi connectivity index (χ3v) is 8.63. The number of carbonyl (C=O) groups excluding carboxylic acids is 2. The lowest BCUT2D eigenvalue weighted by Crippen LogP contribution is -2.42. The van der Waals surface area contributed by atoms with Crippen molar-refractivity contribution in [3.63, 3.8) is 0 Å². The SMILES string of the molecule is CC(C)C[C@H](N)C(=O)OC(OC(=O)[C@@H](N)CC(C)C)OP(=O)(O)C(O)(CCCN)P(=O)(O)O. The van der Waals surface area contributed by atoms with Crippen LogP contribution in [0.2, 0.25) is 0 Å². The second kappa shape index (κ2) is 13.2. The summed E-state index contributed by atoms with van der Waals surface area (Å²) in [4.78, 5) is 53.8. The second-order valence-corrected chi connectivity index (χ2v) is 12.6. The minimum atomic E-state index is -5.75. The molecule has 196 valence electrons. The highest BCUT2D eigenvalue weighted by atomic mass is 31.2. The molecular formula is C17H37N3O11P2. The average Bonchev–Trinajstić information content (AvgIpc) is 2.63. The fourth-order valence-corrected chi connectivity index (χ4v) is 5.47. The standard InChI is InChI=1S/C17H37N3O11P2/c1-10(2)8-12(19)14(21)29-16(30-15(22)13(20)9-11(3)4)31-33(27,28)17(23,6-5-7-18)32(24,25)26/h10-13,16,23H,5-9,18-20H2,1-4H3,(H,27,28)(H2,24,25,26)/t12-,13-,17?/m0/s1. The molecule has 0 spiro atoms. The smallest absolute Gasteiger partial charge is 0.377 e. The molecule has 16 heteroatoms. The Hall–Kier alpha value is -0.920. The molecule has 0 amide bonds. The Balaban J connectivity index is 5.94. The summed E-state index contributed by atoms with van der Waals surface area (Å²) in [7, 11) is -11.5. The van der Waals surface area contributed by atoms with Gasteiger partial charge in [-0.2, -0.15) is 0 Å². The third kappa shape index (κ3) is 10.1. The minimum absolute atomic E-state index is 0.0473. The van der Waals surface area contributed by atoms with E-state index in [0.29, 0.717) is 0 Å². The van der Waals surface area contributed by atoms with Crippen molar-refractivity contribution in [2.24, 2.45) is 29.0 Å². The van der Waals surface area contributed by atoms with E-state index in [9.17, 15) is 38.5 Å². The van der Waals surface area contributed by atoms with E-state index in [4.69, 9.17) is 26.7 Å². The lowest BCUT2D eigenvalue weighted by Gasteiger charge is -2.33. The van der Waals surface area contributed by atoms with Crippen molar-refractivity contribution in [2.75, 3.05) is 6.54 Å². The molecule has 33 heavy (non-hydrogen) atoms. The number of ether oxygens (including phenoxy) is 2. The molecule has 10 N–H and O–H groups in total. The van der Waals surface area contributed by atoms with Gasteiger partial charge in [-0.05, 0) is 37.6 Å². The number of rotatable bonds is 15. The Kier molecular flexibility index (Phi) is 12.9. The van der Waals surface area contributed by atoms with Gasteiger partial charge in [0, 0.05) is 6.42 Å². The van der Waals surface area contributed by atoms with Crippen LogP contribution in [0, 0.1) is 11.8 Å². The van der Waals surface area contributed by atoms with Crippen molar-refractivity contribution in [1.29, 1.82) is 0 Å². The van der Waals surface area contributed by atoms with Crippen LogP contribution >= 0.6 is 15.2 Å². The van der Waals surface area contributed by atoms with E-state index in [-0.39, 0.29) is 37.6 Å². The van der Waals surface area contributed by atoms with E-state index in [1.165, 1.54) is 0 Å². The van der Waals surface area contributed by atoms with Gasteiger partial charge in [-0.3, -0.25) is 18.7 Å². The van der Waals surface area contributed by atoms with Crippen LogP contribution in [0.1, 0.15) is 53.4 Å². The number of hydrogen-bond acceptors (Lipinski definition) is 11. The maximum absolute atomic E-state index is 12.8. The summed E-state index contributed by atoms with van der Waals surface area (Å²) in [5, 5.41) is 6.78. The molecule has 0 aromatic heterocycles. The van der Waals surface area contributed by atoms with E-state index in [1.54, 1.807) is 27.7 Å². The molecule has 0 radical (unpaired) electrons. The third-order valence-electron chi connectivity index (χ3n) is 4.35. The summed E-state index contributed by atoms with van der Waals surface area (Å²) < 4.78 is 38.8. The van der Waals surface area contributed by atoms with Crippen LogP contribution in [0.3, 0.4) is 0 Å². The number of esters is 2. The fraction of sp³-hybridized carbons (Fsp3) is 0.882. The first-order chi connectivity index (χ1) is 14.9. The van der Waals surface area contributed by atoms with Crippen molar-refractivity contribution in [2.45, 2.75) is 77.0 Å². The maximum atomic E-state index is 12.8. The Bertz CT molecular complexity index is 716. The Labute approximate surface area is 192 Å². The van der Waals surface area contributed by atoms with Crippen LogP contribution in [0.4, 0.5) is 0 Å². The fourth-order valence-electron chi connectivity index (χ4n) is 2.63. The monoisotopic (exact) mass is 521 g/mol. The van der Waals surface area contributed by atoms with Crippen LogP contribution in [-0.2, 0) is 32.7 Å². The molecule has 0 fully saturated rings. The summed E-state index contributed by atoms with van der Waals surface area (Å²) in [6.07, 6.45) is -0.966. The minimum Gasteiger partial charge on any atom is -0.399 e. The predicted octanol–water partition coefficient (Wildman–Crippen LogP) is -0.132. The van der Waals surface area contributed by atoms with Gasteiger partial charge in [-0.25, -0.2) is 4.52 Å². The van der Waals surface area contributed by atoms with Gasteiger partial charge in [0.2, 0.25) is 0 Å². The van der Waals surface area contributed by atoms with Crippen molar-refractivity contribution in [3.05, 3.63) is 0 Å². The molecule has 14 nitrogen and oxygen atoms in total. The van der Waals surface area contributed by atoms with Gasteiger partial charge in [0.15, 0.2) is 0 Å². The van der Waals surface area contributed by atoms with Gasteiger partial charge in [-0.1, -0.05) is 27.7 Å². The molecule has 0 saturated heterocycles. The molecule has 0 rings (SSSR count). The van der Waals surface area contributed by atoms with Crippen molar-refractivity contribution in [1.82, 2.24) is 0 Å². The molecule has 0 heterocycles. The average molecular weight is 521 g/mol. The van der Waals surface area contributed by atoms with Gasteiger partial charge < -0.3 is 46.5 Å². The Morgan fingerprint density at radius 2 is 1.30 bits per heavy atom. The lowest BCUT2D eigenvalue weighted by molar-refractivity contribution is -0.240. The quantitative estimate of drug-likeness (QED) is 0.0841. The number of nitrogens with two attached hydrogens (primary N) is 3. The van der Waals surface area contributed by atoms with Crippen LogP contribution in [-0.4, -0.2) is 61.9 Å². The molecule has 0 aliphatic rings. The molecule has 0 aliphatic heterocycles. The maximum Gasteiger partial charge on any atom is 0.377 e. The van der Waals surface area contributed by atoms with Crippen LogP contribution < -0.4 is 17.2 Å². The van der Waals surface area contributed by atoms with Gasteiger partial charge in [0.25, 0.3) is 5.08 Å². The molecule has 0 aliphatic carbocycles. The molecule has 4 atom stereocenters. The van der Waals surface area contributed by atoms with Crippen molar-refractivity contribution in [3.8, 4) is 0 Å². The van der Waals surface area contributed by atoms with E-state index in [0.717, 1.165) is 0 Å². The van der Waals surface area contributed by atoms with Gasteiger partial charge in [-0.15, -0.1) is 0 Å². The number of carbonyl (C=O) groups is 2. The largest absolute Gasteiger partial charge is 0.399 e. The topological polar surface area (TPSA) is 255 Å². The predicted molar refractivity (Wildman–Crippen MR) is 117 cm³/mol. The van der Waals surface area contributed by atoms with Crippen LogP contribution in [0.15, 0.2) is 0 Å². The molecule has 0 saturated carbocycles. The Morgan fingerprint density at radius 3 is 1.61 bits per heavy atom. The van der Waals surface area contributed by atoms with Crippen LogP contribution in [0.5, 0.6) is 0 Å². The summed E-state index contributed by atoms with van der Waals surface area (Å²) in [6, 6.07) is -2.48. The summed E-state index contributed by atoms with van der Waals surface area (Å²) in [5.41, 5.74) is 16.6. The molecule has 0 bridgehead atoms. The van der Waals surface area contributed by atoms with E-state index in [2.05, 4.69) is 4.52 Å². The highest BCUT2D eigenvalue weighted by Crippen LogP contribution is 2.72. The van der Waals surface area contributed by atoms with Crippen LogP contribution in [0.25, 0.3) is 0 Å². The van der Waals surface area contributed by atoms with Gasteiger partial charge in [0.05, 0.1) is 0 Å². The molecule has 0 aromatic rings. The first kappa shape index (κ1) is 32.1. The van der Waals surface area contributed by atoms with Gasteiger partial charge >= 0.3 is 33.6 Å². The Morgan fingerprint density at radius 1 is 0.909 bits per heavy atom. The zero-order valence-corrected chi connectivity index (χ0v) is 21.0. The normalized spacial score (nSPS) is 18.0. The molecule has 2 unspecified atom stereocenters. The zero-order chi connectivity index (χ0) is 26.2. The van der Waals surface area contributed by atoms with Gasteiger partial charge in [0.1, 0.15) is 12.1 Å². The number of hydrogen-bond donors (Lipinski definition) is 7. The lowest BCUT2D eigenvalue weighted by atomic mass is 10.1. The molecule has 0 aromatic carbocycles. The first-order valence-electron chi connectivity index (χ1n) is 10.3. The first-order valence-corrected chi connectivity index (χ1v) is 13.5. The van der Waals surface area contributed by atoms with E-state index in [1.807, 2.05) is 0 Å². The van der Waals surface area contributed by atoms with E-state index < -0.39 is 57.2 Å². The zero-order valence-electron chi connectivity index (χ0n) is 19.2. The van der Waals surface area contributed by atoms with Crippen molar-refractivity contribution >= 4 is 27.1 Å². The highest BCUT2D eigenvalue weighted by molar-refractivity contribution is 7.72. The van der Waals surface area contributed by atoms with Crippen molar-refractivity contribution < 1.29 is 52.5 Å². The number of aliphatic hydroxyl groups is 1.